The second-order valence-corrected chi connectivity index (χ2v) is 5.63. The third kappa shape index (κ3) is 3.43. The first kappa shape index (κ1) is 14.0. The number of nitrogens with zero attached hydrogens (tertiary/aromatic N) is 1. The highest BCUT2D eigenvalue weighted by Crippen LogP contribution is 2.29. The molecule has 0 fully saturated rings. The average molecular weight is 249 g/mol. The average Bonchev–Trinajstić information content (AvgIpc) is 2.29. The van der Waals surface area contributed by atoms with E-state index in [4.69, 9.17) is 12.2 Å². The maximum Gasteiger partial charge on any atom is 0.143 e. The van der Waals surface area contributed by atoms with Gasteiger partial charge in [0.05, 0.1) is 0 Å². The van der Waals surface area contributed by atoms with E-state index in [1.165, 1.54) is 0 Å². The van der Waals surface area contributed by atoms with E-state index in [0.717, 1.165) is 5.56 Å². The van der Waals surface area contributed by atoms with Gasteiger partial charge >= 0.3 is 0 Å². The van der Waals surface area contributed by atoms with Gasteiger partial charge < -0.3 is 0 Å². The molecule has 0 spiro atoms. The van der Waals surface area contributed by atoms with Crippen LogP contribution in [0, 0.1) is 11.3 Å². The minimum absolute atomic E-state index is 0.196. The molecular weight excluding hydrogens is 230 g/mol. The molecule has 0 bridgehead atoms. The van der Waals surface area contributed by atoms with Crippen molar-refractivity contribution in [1.29, 1.82) is 0 Å². The van der Waals surface area contributed by atoms with Crippen molar-refractivity contribution in [3.8, 4) is 0 Å². The Morgan fingerprint density at radius 2 is 2.12 bits per heavy atom. The van der Waals surface area contributed by atoms with E-state index >= 15 is 0 Å². The van der Waals surface area contributed by atoms with Crippen LogP contribution in [0.3, 0.4) is 0 Å². The van der Waals surface area contributed by atoms with Crippen LogP contribution in [0.25, 0.3) is 0 Å². The normalized spacial score (nSPS) is 11.6. The topological polar surface area (TPSA) is 30.0 Å². The van der Waals surface area contributed by atoms with Gasteiger partial charge in [-0.3, -0.25) is 9.78 Å². The van der Waals surface area contributed by atoms with Gasteiger partial charge in [0.25, 0.3) is 0 Å². The van der Waals surface area contributed by atoms with Gasteiger partial charge in [0.15, 0.2) is 0 Å². The molecule has 1 aromatic rings. The number of ketones is 1. The monoisotopic (exact) mass is 249 g/mol. The quantitative estimate of drug-likeness (QED) is 0.591. The highest BCUT2D eigenvalue weighted by atomic mass is 32.1. The molecule has 0 atom stereocenters. The van der Waals surface area contributed by atoms with Crippen molar-refractivity contribution in [1.82, 2.24) is 4.98 Å². The molecule has 0 saturated carbocycles. The third-order valence-electron chi connectivity index (χ3n) is 3.47. The zero-order valence-electron chi connectivity index (χ0n) is 10.9. The number of hydrogen-bond donors (Lipinski definition) is 0. The van der Waals surface area contributed by atoms with Crippen LogP contribution in [0.5, 0.6) is 0 Å². The van der Waals surface area contributed by atoms with E-state index in [1.54, 1.807) is 12.4 Å². The summed E-state index contributed by atoms with van der Waals surface area (Å²) in [6.07, 6.45) is 3.73. The Balaban J connectivity index is 2.74. The summed E-state index contributed by atoms with van der Waals surface area (Å²) in [7, 11) is 0. The summed E-state index contributed by atoms with van der Waals surface area (Å²) in [5, 5.41) is 0. The number of carbonyl (C=O) groups is 1. The number of aromatic nitrogens is 1. The van der Waals surface area contributed by atoms with Crippen molar-refractivity contribution < 1.29 is 4.79 Å². The van der Waals surface area contributed by atoms with E-state index < -0.39 is 0 Å². The molecular formula is C14H19NOS. The smallest absolute Gasteiger partial charge is 0.143 e. The summed E-state index contributed by atoms with van der Waals surface area (Å²) < 4.78 is 0. The van der Waals surface area contributed by atoms with Crippen LogP contribution in [0.15, 0.2) is 24.5 Å². The fourth-order valence-corrected chi connectivity index (χ4v) is 1.58. The Morgan fingerprint density at radius 1 is 1.47 bits per heavy atom. The molecule has 1 aromatic heterocycles. The maximum absolute atomic E-state index is 12.2. The Bertz CT molecular complexity index is 409. The molecule has 0 aliphatic rings. The lowest BCUT2D eigenvalue weighted by Crippen LogP contribution is -2.31. The lowest BCUT2D eigenvalue weighted by molar-refractivity contribution is -0.127. The molecule has 0 saturated heterocycles. The molecule has 0 aromatic carbocycles. The van der Waals surface area contributed by atoms with Crippen LogP contribution in [0.1, 0.15) is 39.7 Å². The van der Waals surface area contributed by atoms with Gasteiger partial charge in [-0.2, -0.15) is 0 Å². The number of rotatable bonds is 5. The van der Waals surface area contributed by atoms with E-state index in [-0.39, 0.29) is 11.2 Å². The van der Waals surface area contributed by atoms with Gasteiger partial charge in [-0.15, -0.1) is 0 Å². The van der Waals surface area contributed by atoms with E-state index in [0.29, 0.717) is 17.2 Å². The van der Waals surface area contributed by atoms with Crippen LogP contribution in [0.2, 0.25) is 0 Å². The molecule has 2 nitrogen and oxygen atoms in total. The predicted molar refractivity (Wildman–Crippen MR) is 74.2 cm³/mol. The zero-order chi connectivity index (χ0) is 13.1. The van der Waals surface area contributed by atoms with Gasteiger partial charge in [0.1, 0.15) is 5.78 Å². The van der Waals surface area contributed by atoms with Crippen molar-refractivity contribution in [3.63, 3.8) is 0 Å². The number of thiocarbonyl (C=S) groups is 1. The minimum atomic E-state index is -0.327. The SMILES string of the molecule is CC(C)C(C)(C)C(=O)CC(=S)c1cccnc1. The molecule has 0 radical (unpaired) electrons. The highest BCUT2D eigenvalue weighted by Gasteiger charge is 2.31. The van der Waals surface area contributed by atoms with Crippen molar-refractivity contribution >= 4 is 22.9 Å². The van der Waals surface area contributed by atoms with Crippen LogP contribution < -0.4 is 0 Å². The second kappa shape index (κ2) is 5.50. The highest BCUT2D eigenvalue weighted by molar-refractivity contribution is 7.80. The molecule has 0 unspecified atom stereocenters. The predicted octanol–water partition coefficient (Wildman–Crippen LogP) is 3.44. The summed E-state index contributed by atoms with van der Waals surface area (Å²) >= 11 is 5.29. The molecule has 0 aliphatic carbocycles. The Kier molecular flexibility index (Phi) is 4.52. The lowest BCUT2D eigenvalue weighted by atomic mass is 9.76. The molecule has 17 heavy (non-hydrogen) atoms. The molecule has 0 aliphatic heterocycles. The van der Waals surface area contributed by atoms with Crippen LogP contribution in [-0.4, -0.2) is 15.6 Å². The molecule has 0 N–H and O–H groups in total. The van der Waals surface area contributed by atoms with Crippen LogP contribution in [0.4, 0.5) is 0 Å². The Labute approximate surface area is 108 Å². The van der Waals surface area contributed by atoms with Crippen molar-refractivity contribution in [2.24, 2.45) is 11.3 Å². The van der Waals surface area contributed by atoms with Crippen LogP contribution in [-0.2, 0) is 4.79 Å². The van der Waals surface area contributed by atoms with Gasteiger partial charge in [-0.25, -0.2) is 0 Å². The van der Waals surface area contributed by atoms with Crippen molar-refractivity contribution in [2.75, 3.05) is 0 Å². The molecule has 1 rings (SSSR count). The summed E-state index contributed by atoms with van der Waals surface area (Å²) in [6, 6.07) is 3.73. The lowest BCUT2D eigenvalue weighted by Gasteiger charge is -2.27. The van der Waals surface area contributed by atoms with Gasteiger partial charge in [0.2, 0.25) is 0 Å². The number of pyridine rings is 1. The second-order valence-electron chi connectivity index (χ2n) is 5.14. The maximum atomic E-state index is 12.2. The molecule has 0 amide bonds. The first-order valence-corrected chi connectivity index (χ1v) is 6.23. The number of carbonyl (C=O) groups excluding carboxylic acids is 1. The van der Waals surface area contributed by atoms with Crippen molar-refractivity contribution in [3.05, 3.63) is 30.1 Å². The zero-order valence-corrected chi connectivity index (χ0v) is 11.7. The van der Waals surface area contributed by atoms with Gasteiger partial charge in [0, 0.05) is 34.7 Å². The van der Waals surface area contributed by atoms with E-state index in [1.807, 2.05) is 26.0 Å². The number of Topliss-reactive ketones (excluding diaryl/α,β-unsaturated/α-hetero) is 1. The van der Waals surface area contributed by atoms with E-state index in [2.05, 4.69) is 18.8 Å². The minimum Gasteiger partial charge on any atom is -0.299 e. The molecule has 1 heterocycles. The number of hydrogen-bond acceptors (Lipinski definition) is 3. The molecule has 3 heteroatoms. The first-order valence-electron chi connectivity index (χ1n) is 5.82. The standard InChI is InChI=1S/C14H19NOS/c1-10(2)14(3,4)13(16)8-12(17)11-6-5-7-15-9-11/h5-7,9-10H,8H2,1-4H3. The van der Waals surface area contributed by atoms with Crippen molar-refractivity contribution in [2.45, 2.75) is 34.1 Å². The fraction of sp³-hybridized carbons (Fsp3) is 0.500. The summed E-state index contributed by atoms with van der Waals surface area (Å²) in [5.41, 5.74) is 0.544. The van der Waals surface area contributed by atoms with Gasteiger partial charge in [-0.1, -0.05) is 46.0 Å². The first-order chi connectivity index (χ1) is 7.85. The summed E-state index contributed by atoms with van der Waals surface area (Å²) in [6.45, 7) is 8.08. The summed E-state index contributed by atoms with van der Waals surface area (Å²) in [5.74, 6) is 0.507. The Hall–Kier alpha value is -1.09. The fourth-order valence-electron chi connectivity index (χ4n) is 1.33. The van der Waals surface area contributed by atoms with E-state index in [9.17, 15) is 4.79 Å². The Morgan fingerprint density at radius 3 is 2.59 bits per heavy atom. The molecule has 92 valence electrons. The third-order valence-corrected chi connectivity index (χ3v) is 3.85. The van der Waals surface area contributed by atoms with Crippen LogP contribution >= 0.6 is 12.2 Å². The van der Waals surface area contributed by atoms with Gasteiger partial charge in [-0.05, 0) is 12.0 Å². The summed E-state index contributed by atoms with van der Waals surface area (Å²) in [4.78, 5) is 16.9. The largest absolute Gasteiger partial charge is 0.299 e.